The molecule has 7 fully saturated rings. The second-order valence-electron chi connectivity index (χ2n) is 20.9. The molecule has 2 aromatic heterocycles. The largest absolute Gasteiger partial charge is 0.457 e. The monoisotopic (exact) mass is 915 g/mol. The first-order valence-corrected chi connectivity index (χ1v) is 24.8. The highest BCUT2D eigenvalue weighted by Crippen LogP contribution is 2.48. The second-order valence-corrected chi connectivity index (χ2v) is 20.9. The molecule has 3 N–H and O–H groups in total. The third kappa shape index (κ3) is 7.16. The van der Waals surface area contributed by atoms with Crippen LogP contribution in [0.4, 0.5) is 11.5 Å². The van der Waals surface area contributed by atoms with Crippen LogP contribution >= 0.6 is 0 Å². The number of carbonyl (C=O) groups is 4. The molecule has 3 aromatic carbocycles. The Morgan fingerprint density at radius 3 is 1.97 bits per heavy atom. The molecule has 2 aliphatic carbocycles. The quantitative estimate of drug-likeness (QED) is 0.185. The molecule has 0 spiro atoms. The Labute approximate surface area is 394 Å². The zero-order chi connectivity index (χ0) is 45.8. The van der Waals surface area contributed by atoms with E-state index in [1.54, 1.807) is 12.4 Å². The molecule has 2 saturated carbocycles. The molecule has 0 radical (unpaired) electrons. The van der Waals surface area contributed by atoms with Crippen molar-refractivity contribution in [3.8, 4) is 22.8 Å². The van der Waals surface area contributed by atoms with E-state index in [0.29, 0.717) is 46.9 Å². The van der Waals surface area contributed by atoms with E-state index in [4.69, 9.17) is 20.6 Å². The number of nitrogens with two attached hydrogens (primary N) is 1. The number of piperidine rings is 2. The summed E-state index contributed by atoms with van der Waals surface area (Å²) < 4.78 is 8.15. The Hall–Kier alpha value is -6.23. The molecule has 3 unspecified atom stereocenters. The first-order valence-electron chi connectivity index (χ1n) is 24.8. The molecule has 16 heteroatoms. The molecule has 8 heterocycles. The van der Waals surface area contributed by atoms with Crippen LogP contribution in [0, 0.1) is 23.7 Å². The van der Waals surface area contributed by atoms with Gasteiger partial charge in [0.1, 0.15) is 35.4 Å². The number of anilines is 2. The number of aromatic nitrogens is 4. The maximum atomic E-state index is 13.5. The molecule has 5 saturated heterocycles. The second kappa shape index (κ2) is 16.5. The van der Waals surface area contributed by atoms with E-state index in [0.717, 1.165) is 95.2 Å². The normalized spacial score (nSPS) is 29.2. The molecular formula is C52H57N11O5. The fourth-order valence-corrected chi connectivity index (χ4v) is 13.6. The third-order valence-corrected chi connectivity index (χ3v) is 17.2. The minimum absolute atomic E-state index is 0.112. The van der Waals surface area contributed by atoms with Crippen molar-refractivity contribution in [2.45, 2.75) is 81.6 Å². The zero-order valence-corrected chi connectivity index (χ0v) is 38.2. The molecule has 16 nitrogen and oxygen atoms in total. The number of rotatable bonds is 9. The predicted octanol–water partition coefficient (Wildman–Crippen LogP) is 5.22. The Balaban J connectivity index is 0.573. The smallest absolute Gasteiger partial charge is 0.262 e. The lowest BCUT2D eigenvalue weighted by molar-refractivity contribution is -0.136. The Morgan fingerprint density at radius 2 is 1.28 bits per heavy atom. The lowest BCUT2D eigenvalue weighted by atomic mass is 9.97. The maximum Gasteiger partial charge on any atom is 0.262 e. The summed E-state index contributed by atoms with van der Waals surface area (Å²) in [6.45, 7) is 8.85. The highest BCUT2D eigenvalue weighted by atomic mass is 16.5. The molecule has 0 bridgehead atoms. The SMILES string of the molecule is Nc1ncnc2c1c(-c1ccc(Oc3ccccc3)cc1)nn2C1CCN(C2CN(C3C[C@@H]4CN(C5C[C@@H]6CN(c7ccc8c(c7)C(=O)N(C7CCC(=O)NC7=O)C8=O)C[C@@H]6C5)C[C@@H]4C3)C2)CC1. The van der Waals surface area contributed by atoms with Gasteiger partial charge in [-0.05, 0) is 123 Å². The van der Waals surface area contributed by atoms with Gasteiger partial charge in [-0.25, -0.2) is 14.6 Å². The first kappa shape index (κ1) is 41.9. The van der Waals surface area contributed by atoms with Gasteiger partial charge in [0, 0.05) is 88.2 Å². The number of nitrogens with zero attached hydrogens (tertiary/aromatic N) is 9. The van der Waals surface area contributed by atoms with Crippen LogP contribution in [0.1, 0.15) is 78.1 Å². The van der Waals surface area contributed by atoms with E-state index in [1.165, 1.54) is 51.9 Å². The van der Waals surface area contributed by atoms with Crippen LogP contribution in [0.5, 0.6) is 11.5 Å². The average molecular weight is 916 g/mol. The number of nitrogen functional groups attached to an aromatic ring is 1. The van der Waals surface area contributed by atoms with Crippen LogP contribution in [-0.2, 0) is 9.59 Å². The Morgan fingerprint density at radius 1 is 0.632 bits per heavy atom. The van der Waals surface area contributed by atoms with Gasteiger partial charge in [-0.1, -0.05) is 18.2 Å². The first-order chi connectivity index (χ1) is 33.2. The van der Waals surface area contributed by atoms with Crippen LogP contribution < -0.4 is 20.7 Å². The van der Waals surface area contributed by atoms with Crippen LogP contribution in [-0.4, -0.2) is 140 Å². The van der Waals surface area contributed by atoms with Gasteiger partial charge in [-0.15, -0.1) is 0 Å². The number of fused-ring (bicyclic) bond motifs is 4. The molecular weight excluding hydrogens is 859 g/mol. The molecule has 13 rings (SSSR count). The van der Waals surface area contributed by atoms with E-state index < -0.39 is 23.8 Å². The van der Waals surface area contributed by atoms with Gasteiger partial charge in [0.2, 0.25) is 11.8 Å². The number of benzene rings is 3. The minimum Gasteiger partial charge on any atom is -0.457 e. The van der Waals surface area contributed by atoms with Crippen LogP contribution in [0.2, 0.25) is 0 Å². The zero-order valence-electron chi connectivity index (χ0n) is 38.2. The van der Waals surface area contributed by atoms with Gasteiger partial charge in [0.15, 0.2) is 5.65 Å². The number of imide groups is 2. The van der Waals surface area contributed by atoms with Crippen molar-refractivity contribution in [2.75, 3.05) is 63.0 Å². The van der Waals surface area contributed by atoms with Crippen molar-refractivity contribution < 1.29 is 23.9 Å². The number of ether oxygens (including phenoxy) is 1. The summed E-state index contributed by atoms with van der Waals surface area (Å²) in [4.78, 5) is 71.8. The number of carbonyl (C=O) groups excluding carboxylic acids is 4. The number of nitrogens with one attached hydrogen (secondary N) is 1. The van der Waals surface area contributed by atoms with Gasteiger partial charge in [-0.3, -0.25) is 44.1 Å². The lowest BCUT2D eigenvalue weighted by Gasteiger charge is -2.50. The van der Waals surface area contributed by atoms with E-state index in [1.807, 2.05) is 66.7 Å². The molecule has 350 valence electrons. The summed E-state index contributed by atoms with van der Waals surface area (Å²) >= 11 is 0. The van der Waals surface area contributed by atoms with Crippen molar-refractivity contribution in [1.29, 1.82) is 0 Å². The van der Waals surface area contributed by atoms with Gasteiger partial charge < -0.3 is 15.4 Å². The van der Waals surface area contributed by atoms with Crippen molar-refractivity contribution in [3.05, 3.63) is 90.3 Å². The number of likely N-dealkylation sites (tertiary alicyclic amines) is 3. The molecule has 5 aromatic rings. The highest BCUT2D eigenvalue weighted by molar-refractivity contribution is 6.23. The molecule has 4 amide bonds. The van der Waals surface area contributed by atoms with E-state index in [2.05, 4.69) is 34.6 Å². The summed E-state index contributed by atoms with van der Waals surface area (Å²) in [6.07, 6.45) is 8.96. The van der Waals surface area contributed by atoms with Crippen molar-refractivity contribution in [2.24, 2.45) is 23.7 Å². The van der Waals surface area contributed by atoms with E-state index in [-0.39, 0.29) is 24.8 Å². The highest BCUT2D eigenvalue weighted by Gasteiger charge is 2.51. The van der Waals surface area contributed by atoms with Gasteiger partial charge in [0.25, 0.3) is 11.8 Å². The fourth-order valence-electron chi connectivity index (χ4n) is 13.6. The predicted molar refractivity (Wildman–Crippen MR) is 254 cm³/mol. The number of para-hydroxylation sites is 1. The fraction of sp³-hybridized carbons (Fsp3) is 0.481. The van der Waals surface area contributed by atoms with Gasteiger partial charge in [-0.2, -0.15) is 5.10 Å². The summed E-state index contributed by atoms with van der Waals surface area (Å²) in [5.74, 6) is 2.99. The number of amides is 4. The summed E-state index contributed by atoms with van der Waals surface area (Å²) in [5.41, 5.74) is 10.7. The third-order valence-electron chi connectivity index (χ3n) is 17.2. The van der Waals surface area contributed by atoms with Crippen LogP contribution in [0.25, 0.3) is 22.3 Å². The standard InChI is InChI=1S/C52H57N11O5/c53-48-46-47(30-6-9-41(10-7-30)68-40-4-2-1-3-5-40)57-63(49(46)55-29-54-48)35-14-16-58(17-15-35)39-27-61(28-39)38-20-33-25-60(26-34(33)21-38)37-18-31-23-59(24-32(31)19-37)36-8-11-42-43(22-36)52(67)62(51(42)66)44-12-13-45(64)56-50(44)65/h1-11,22,29,31-35,37-39,44H,12-21,23-28H2,(H2,53,54,55)(H,56,64,65)/t31-,32+,33-,34+,37?,38?,44?. The van der Waals surface area contributed by atoms with Crippen molar-refractivity contribution in [3.63, 3.8) is 0 Å². The van der Waals surface area contributed by atoms with Crippen molar-refractivity contribution >= 4 is 46.2 Å². The molecule has 8 aliphatic rings. The average Bonchev–Trinajstić information content (AvgIpc) is 4.19. The van der Waals surface area contributed by atoms with E-state index in [9.17, 15) is 19.2 Å². The minimum atomic E-state index is -0.950. The number of hydrogen-bond donors (Lipinski definition) is 2. The van der Waals surface area contributed by atoms with Crippen LogP contribution in [0.15, 0.2) is 79.1 Å². The van der Waals surface area contributed by atoms with Gasteiger partial charge >= 0.3 is 0 Å². The van der Waals surface area contributed by atoms with E-state index >= 15 is 0 Å². The summed E-state index contributed by atoms with van der Waals surface area (Å²) in [5, 5.41) is 8.26. The molecule has 6 aliphatic heterocycles. The summed E-state index contributed by atoms with van der Waals surface area (Å²) in [6, 6.07) is 24.6. The molecule has 68 heavy (non-hydrogen) atoms. The number of hydrogen-bond acceptors (Lipinski definition) is 13. The maximum absolute atomic E-state index is 13.5. The van der Waals surface area contributed by atoms with Gasteiger partial charge in [0.05, 0.1) is 22.6 Å². The topological polar surface area (TPSA) is 175 Å². The Bertz CT molecular complexity index is 2790. The molecule has 7 atom stereocenters. The Kier molecular flexibility index (Phi) is 10.2. The summed E-state index contributed by atoms with van der Waals surface area (Å²) in [7, 11) is 0. The lowest BCUT2D eigenvalue weighted by Crippen LogP contribution is -2.63. The van der Waals surface area contributed by atoms with Crippen LogP contribution in [0.3, 0.4) is 0 Å². The van der Waals surface area contributed by atoms with Crippen molar-refractivity contribution in [1.82, 2.24) is 44.7 Å².